The molecule has 0 aliphatic heterocycles. The Morgan fingerprint density at radius 2 is 1.91 bits per heavy atom. The van der Waals surface area contributed by atoms with Gasteiger partial charge in [-0.15, -0.1) is 0 Å². The van der Waals surface area contributed by atoms with Crippen molar-refractivity contribution in [2.75, 3.05) is 5.32 Å². The molecular weight excluding hydrogens is 427 g/mol. The molecule has 0 aliphatic carbocycles. The van der Waals surface area contributed by atoms with Crippen LogP contribution in [0.25, 0.3) is 28.0 Å². The van der Waals surface area contributed by atoms with Crippen molar-refractivity contribution in [3.05, 3.63) is 89.3 Å². The van der Waals surface area contributed by atoms with Crippen LogP contribution in [0.15, 0.2) is 76.5 Å². The quantitative estimate of drug-likeness (QED) is 0.414. The molecule has 3 aromatic heterocycles. The summed E-state index contributed by atoms with van der Waals surface area (Å²) >= 11 is 0. The van der Waals surface area contributed by atoms with Gasteiger partial charge in [-0.1, -0.05) is 24.3 Å². The number of amides is 1. The van der Waals surface area contributed by atoms with Gasteiger partial charge in [0.2, 0.25) is 5.91 Å². The number of fused-ring (bicyclic) bond motifs is 1. The number of carbonyl (C=O) groups is 1. The fourth-order valence-electron chi connectivity index (χ4n) is 3.44. The van der Waals surface area contributed by atoms with Gasteiger partial charge >= 0.3 is 0 Å². The standard InChI is InChI=1S/C23H17FN6O3/c24-16-6-2-1-5-14(16)19-12-25-21(33-19)10-9-20(31)29-17-7-3-4-8-18(17)30-22-15(11-28-30)23(32)27-13-26-22/h1-8,11-13H,9-10H2,(H,29,31)(H,26,27,32). The molecule has 33 heavy (non-hydrogen) atoms. The van der Waals surface area contributed by atoms with E-state index in [1.54, 1.807) is 42.5 Å². The summed E-state index contributed by atoms with van der Waals surface area (Å²) in [5.74, 6) is -0.0346. The van der Waals surface area contributed by atoms with Crippen molar-refractivity contribution in [3.63, 3.8) is 0 Å². The number of carbonyl (C=O) groups excluding carboxylic acids is 1. The van der Waals surface area contributed by atoms with E-state index in [1.807, 2.05) is 0 Å². The van der Waals surface area contributed by atoms with Gasteiger partial charge < -0.3 is 14.7 Å². The van der Waals surface area contributed by atoms with E-state index in [2.05, 4.69) is 25.4 Å². The second kappa shape index (κ2) is 8.50. The van der Waals surface area contributed by atoms with E-state index in [0.29, 0.717) is 39.6 Å². The molecule has 0 radical (unpaired) electrons. The first-order valence-corrected chi connectivity index (χ1v) is 10.1. The molecule has 0 saturated carbocycles. The summed E-state index contributed by atoms with van der Waals surface area (Å²) in [4.78, 5) is 35.4. The zero-order chi connectivity index (χ0) is 22.8. The van der Waals surface area contributed by atoms with Gasteiger partial charge in [0.15, 0.2) is 17.3 Å². The second-order valence-electron chi connectivity index (χ2n) is 7.19. The molecular formula is C23H17FN6O3. The third kappa shape index (κ3) is 4.01. The maximum atomic E-state index is 13.9. The van der Waals surface area contributed by atoms with Gasteiger partial charge in [0.05, 0.1) is 35.7 Å². The van der Waals surface area contributed by atoms with Gasteiger partial charge in [-0.25, -0.2) is 19.0 Å². The maximum Gasteiger partial charge on any atom is 0.261 e. The minimum atomic E-state index is -0.405. The number of aromatic amines is 1. The van der Waals surface area contributed by atoms with E-state index in [9.17, 15) is 14.0 Å². The van der Waals surface area contributed by atoms with Crippen LogP contribution in [-0.4, -0.2) is 30.6 Å². The molecule has 0 fully saturated rings. The molecule has 3 heterocycles. The van der Waals surface area contributed by atoms with Crippen molar-refractivity contribution in [1.82, 2.24) is 24.7 Å². The molecule has 0 atom stereocenters. The highest BCUT2D eigenvalue weighted by Gasteiger charge is 2.15. The number of aromatic nitrogens is 5. The average Bonchev–Trinajstić information content (AvgIpc) is 3.47. The lowest BCUT2D eigenvalue weighted by Crippen LogP contribution is -2.15. The van der Waals surface area contributed by atoms with E-state index in [-0.39, 0.29) is 24.3 Å². The van der Waals surface area contributed by atoms with Crippen molar-refractivity contribution in [1.29, 1.82) is 0 Å². The average molecular weight is 444 g/mol. The number of anilines is 1. The van der Waals surface area contributed by atoms with Crippen LogP contribution in [0, 0.1) is 5.82 Å². The predicted molar refractivity (Wildman–Crippen MR) is 118 cm³/mol. The highest BCUT2D eigenvalue weighted by molar-refractivity contribution is 5.93. The molecule has 10 heteroatoms. The Hall–Kier alpha value is -4.60. The van der Waals surface area contributed by atoms with Crippen molar-refractivity contribution in [3.8, 4) is 17.0 Å². The van der Waals surface area contributed by atoms with E-state index < -0.39 is 5.82 Å². The monoisotopic (exact) mass is 444 g/mol. The molecule has 164 valence electrons. The zero-order valence-corrected chi connectivity index (χ0v) is 17.2. The smallest absolute Gasteiger partial charge is 0.261 e. The van der Waals surface area contributed by atoms with Crippen molar-refractivity contribution in [2.45, 2.75) is 12.8 Å². The van der Waals surface area contributed by atoms with Gasteiger partial charge in [-0.2, -0.15) is 5.10 Å². The third-order valence-corrected chi connectivity index (χ3v) is 5.04. The van der Waals surface area contributed by atoms with Crippen LogP contribution in [0.1, 0.15) is 12.3 Å². The van der Waals surface area contributed by atoms with Crippen molar-refractivity contribution >= 4 is 22.6 Å². The molecule has 9 nitrogen and oxygen atoms in total. The first kappa shape index (κ1) is 20.3. The topological polar surface area (TPSA) is 119 Å². The summed E-state index contributed by atoms with van der Waals surface area (Å²) in [6, 6.07) is 13.3. The van der Waals surface area contributed by atoms with Crippen molar-refractivity contribution < 1.29 is 13.6 Å². The van der Waals surface area contributed by atoms with Crippen LogP contribution in [-0.2, 0) is 11.2 Å². The SMILES string of the molecule is O=C(CCc1ncc(-c2ccccc2F)o1)Nc1ccccc1-n1ncc2c(=O)[nH]cnc21. The lowest BCUT2D eigenvalue weighted by molar-refractivity contribution is -0.116. The Morgan fingerprint density at radius 1 is 1.09 bits per heavy atom. The molecule has 5 aromatic rings. The second-order valence-corrected chi connectivity index (χ2v) is 7.19. The summed E-state index contributed by atoms with van der Waals surface area (Å²) in [5.41, 5.74) is 1.47. The van der Waals surface area contributed by atoms with E-state index in [0.717, 1.165) is 0 Å². The maximum absolute atomic E-state index is 13.9. The first-order valence-electron chi connectivity index (χ1n) is 10.1. The molecule has 0 bridgehead atoms. The number of aryl methyl sites for hydroxylation is 1. The molecule has 2 aromatic carbocycles. The number of H-pyrrole nitrogens is 1. The number of benzene rings is 2. The Kier molecular flexibility index (Phi) is 5.23. The highest BCUT2D eigenvalue weighted by Crippen LogP contribution is 2.25. The normalized spacial score (nSPS) is 11.1. The Bertz CT molecular complexity index is 1520. The van der Waals surface area contributed by atoms with Gasteiger partial charge in [0.1, 0.15) is 11.2 Å². The van der Waals surface area contributed by atoms with Gasteiger partial charge in [-0.3, -0.25) is 9.59 Å². The largest absolute Gasteiger partial charge is 0.441 e. The number of rotatable bonds is 6. The Balaban J connectivity index is 1.31. The van der Waals surface area contributed by atoms with E-state index >= 15 is 0 Å². The summed E-state index contributed by atoms with van der Waals surface area (Å²) in [6.45, 7) is 0. The number of halogens is 1. The van der Waals surface area contributed by atoms with Crippen molar-refractivity contribution in [2.24, 2.45) is 0 Å². The highest BCUT2D eigenvalue weighted by atomic mass is 19.1. The van der Waals surface area contributed by atoms with E-state index in [4.69, 9.17) is 4.42 Å². The molecule has 0 aliphatic rings. The van der Waals surface area contributed by atoms with Gasteiger partial charge in [-0.05, 0) is 24.3 Å². The molecule has 0 spiro atoms. The summed E-state index contributed by atoms with van der Waals surface area (Å²) in [7, 11) is 0. The van der Waals surface area contributed by atoms with Crippen LogP contribution in [0.3, 0.4) is 0 Å². The molecule has 0 saturated heterocycles. The minimum Gasteiger partial charge on any atom is -0.441 e. The number of para-hydroxylation sites is 2. The molecule has 5 rings (SSSR count). The fourth-order valence-corrected chi connectivity index (χ4v) is 3.44. The zero-order valence-electron chi connectivity index (χ0n) is 17.2. The Morgan fingerprint density at radius 3 is 2.79 bits per heavy atom. The van der Waals surface area contributed by atoms with Crippen LogP contribution >= 0.6 is 0 Å². The van der Waals surface area contributed by atoms with E-state index in [1.165, 1.54) is 29.5 Å². The molecule has 2 N–H and O–H groups in total. The molecule has 0 unspecified atom stereocenters. The Labute approximate surface area is 185 Å². The number of nitrogens with zero attached hydrogens (tertiary/aromatic N) is 4. The van der Waals surface area contributed by atoms with Gasteiger partial charge in [0.25, 0.3) is 5.56 Å². The van der Waals surface area contributed by atoms with Crippen LogP contribution in [0.2, 0.25) is 0 Å². The fraction of sp³-hybridized carbons (Fsp3) is 0.0870. The van der Waals surface area contributed by atoms with Crippen LogP contribution in [0.4, 0.5) is 10.1 Å². The lowest BCUT2D eigenvalue weighted by Gasteiger charge is -2.11. The van der Waals surface area contributed by atoms with Crippen LogP contribution < -0.4 is 10.9 Å². The summed E-state index contributed by atoms with van der Waals surface area (Å²) in [5, 5.41) is 7.45. The summed E-state index contributed by atoms with van der Waals surface area (Å²) in [6.07, 6.45) is 4.51. The lowest BCUT2D eigenvalue weighted by atomic mass is 10.2. The summed E-state index contributed by atoms with van der Waals surface area (Å²) < 4.78 is 21.0. The number of hydrogen-bond donors (Lipinski definition) is 2. The molecule has 1 amide bonds. The predicted octanol–water partition coefficient (Wildman–Crippen LogP) is 3.47. The number of hydrogen-bond acceptors (Lipinski definition) is 6. The minimum absolute atomic E-state index is 0.101. The van der Waals surface area contributed by atoms with Gasteiger partial charge in [0, 0.05) is 12.8 Å². The van der Waals surface area contributed by atoms with Crippen LogP contribution in [0.5, 0.6) is 0 Å². The first-order chi connectivity index (χ1) is 16.1. The number of nitrogens with one attached hydrogen (secondary N) is 2. The number of oxazole rings is 1. The third-order valence-electron chi connectivity index (χ3n) is 5.04.